The van der Waals surface area contributed by atoms with E-state index in [2.05, 4.69) is 0 Å². The van der Waals surface area contributed by atoms with Crippen molar-refractivity contribution in [1.82, 2.24) is 0 Å². The molecule has 0 radical (unpaired) electrons. The number of nitrogens with two attached hydrogens (primary N) is 2. The van der Waals surface area contributed by atoms with Crippen molar-refractivity contribution in [2.75, 3.05) is 0 Å². The van der Waals surface area contributed by atoms with Crippen molar-refractivity contribution in [2.24, 2.45) is 41.1 Å². The van der Waals surface area contributed by atoms with Crippen LogP contribution in [0.25, 0.3) is 0 Å². The molecule has 4 saturated heterocycles. The first-order valence-corrected chi connectivity index (χ1v) is 20.4. The van der Waals surface area contributed by atoms with Gasteiger partial charge in [0.15, 0.2) is 11.9 Å². The van der Waals surface area contributed by atoms with Crippen molar-refractivity contribution in [1.29, 1.82) is 0 Å². The average molecular weight is 767 g/mol. The molecule has 1 unspecified atom stereocenters. The zero-order chi connectivity index (χ0) is 39.7. The van der Waals surface area contributed by atoms with E-state index in [1.54, 1.807) is 19.1 Å². The van der Waals surface area contributed by atoms with Gasteiger partial charge in [-0.1, -0.05) is 41.5 Å². The Labute approximate surface area is 319 Å². The van der Waals surface area contributed by atoms with Gasteiger partial charge in [0.05, 0.1) is 60.3 Å². The third-order valence-corrected chi connectivity index (χ3v) is 13.5. The highest BCUT2D eigenvalue weighted by Crippen LogP contribution is 2.52. The first-order valence-electron chi connectivity index (χ1n) is 20.4. The van der Waals surface area contributed by atoms with Gasteiger partial charge in [0.25, 0.3) is 0 Å². The van der Waals surface area contributed by atoms with Crippen molar-refractivity contribution in [3.8, 4) is 0 Å². The zero-order valence-electron chi connectivity index (χ0n) is 33.2. The summed E-state index contributed by atoms with van der Waals surface area (Å²) >= 11 is 0. The van der Waals surface area contributed by atoms with Gasteiger partial charge in [0, 0.05) is 24.2 Å². The van der Waals surface area contributed by atoms with Crippen LogP contribution in [0.5, 0.6) is 0 Å². The minimum atomic E-state index is -1.43. The molecule has 1 amide bonds. The second kappa shape index (κ2) is 17.1. The molecule has 2 spiro atoms. The molecule has 0 bridgehead atoms. The SMILES string of the molecule is CC[C@@H](C(=O)[C@@H](C)[C@@H](O)[C@H](N)[C@H]1CCC[C@H]([C@@H](CC)C(=O)O)O1)[C@H]1O[C@]2(C=C[C@@H](OC(N)=O)[C@]3(CCC([C@H]4CC[C@](O)(CC)[C@H](C)O4)O3)O2)[C@H](C)C[C@@H]1C. The van der Waals surface area contributed by atoms with Crippen LogP contribution in [0.2, 0.25) is 0 Å². The topological polar surface area (TPSA) is 219 Å². The lowest BCUT2D eigenvalue weighted by Gasteiger charge is -2.54. The molecule has 0 saturated carbocycles. The highest BCUT2D eigenvalue weighted by Gasteiger charge is 2.61. The highest BCUT2D eigenvalue weighted by atomic mass is 16.8. The first-order chi connectivity index (χ1) is 25.4. The number of aliphatic hydroxyl groups excluding tert-OH is 1. The molecule has 5 aliphatic rings. The molecule has 5 heterocycles. The number of carbonyl (C=O) groups is 3. The Morgan fingerprint density at radius 2 is 1.61 bits per heavy atom. The lowest BCUT2D eigenvalue weighted by Crippen LogP contribution is -2.63. The Morgan fingerprint density at radius 1 is 0.944 bits per heavy atom. The summed E-state index contributed by atoms with van der Waals surface area (Å²) in [5, 5.41) is 32.2. The van der Waals surface area contributed by atoms with E-state index in [1.807, 2.05) is 41.5 Å². The Morgan fingerprint density at radius 3 is 2.22 bits per heavy atom. The number of aliphatic hydroxyl groups is 2. The van der Waals surface area contributed by atoms with Gasteiger partial charge in [-0.25, -0.2) is 4.79 Å². The van der Waals surface area contributed by atoms with E-state index in [0.29, 0.717) is 70.6 Å². The number of carboxylic acid groups (broad SMARTS) is 1. The van der Waals surface area contributed by atoms with Crippen LogP contribution in [0.15, 0.2) is 12.2 Å². The second-order valence-corrected chi connectivity index (χ2v) is 16.8. The van der Waals surface area contributed by atoms with Gasteiger partial charge in [-0.3, -0.25) is 9.59 Å². The third kappa shape index (κ3) is 8.41. The van der Waals surface area contributed by atoms with E-state index in [1.165, 1.54) is 0 Å². The van der Waals surface area contributed by atoms with Gasteiger partial charge in [-0.05, 0) is 89.2 Å². The molecule has 14 nitrogen and oxygen atoms in total. The molecule has 0 aromatic carbocycles. The summed E-state index contributed by atoms with van der Waals surface area (Å²) in [7, 11) is 0. The molecule has 0 aliphatic carbocycles. The number of hydrogen-bond donors (Lipinski definition) is 5. The number of Topliss-reactive ketones (excluding diaryl/α,β-unsaturated/α-hetero) is 1. The molecule has 14 heteroatoms. The number of carbonyl (C=O) groups excluding carboxylic acids is 2. The monoisotopic (exact) mass is 766 g/mol. The van der Waals surface area contributed by atoms with Gasteiger partial charge in [0.2, 0.25) is 5.79 Å². The molecule has 4 fully saturated rings. The third-order valence-electron chi connectivity index (χ3n) is 13.5. The van der Waals surface area contributed by atoms with E-state index in [4.69, 9.17) is 39.9 Å². The highest BCUT2D eigenvalue weighted by molar-refractivity contribution is 5.84. The normalized spacial score (nSPS) is 42.6. The number of amides is 1. The average Bonchev–Trinajstić information content (AvgIpc) is 3.56. The fraction of sp³-hybridized carbons (Fsp3) is 0.875. The quantitative estimate of drug-likeness (QED) is 0.165. The van der Waals surface area contributed by atoms with E-state index in [-0.39, 0.29) is 23.7 Å². The number of primary amides is 1. The maximum atomic E-state index is 14.3. The Balaban J connectivity index is 1.33. The summed E-state index contributed by atoms with van der Waals surface area (Å²) < 4.78 is 38.6. The van der Waals surface area contributed by atoms with Crippen LogP contribution in [0, 0.1) is 29.6 Å². The minimum absolute atomic E-state index is 0.0544. The molecule has 0 aromatic heterocycles. The predicted octanol–water partition coefficient (Wildman–Crippen LogP) is 4.35. The maximum absolute atomic E-state index is 14.3. The standard InChI is InChI=1S/C40H66N2O12/c1-8-25(36(45)46)27-12-11-13-30(50-27)32(41)34(44)23(6)33(43)26(9-2)35-21(4)20-22(5)39(53-35)19-16-31(51-37(42)47)40(54-39)18-15-29(52-40)28-14-17-38(48,10-3)24(7)49-28/h16,19,21-32,34-35,44,48H,8-15,17-18,20,41H2,1-7H3,(H2,42,47)(H,45,46)/t21-,22+,23+,24-,25+,26-,27+,28+,29?,30+,31+,32+,34+,35-,38+,39-,40-/m0/s1. The molecular weight excluding hydrogens is 700 g/mol. The van der Waals surface area contributed by atoms with Gasteiger partial charge in [-0.2, -0.15) is 0 Å². The fourth-order valence-corrected chi connectivity index (χ4v) is 9.86. The van der Waals surface area contributed by atoms with Gasteiger partial charge >= 0.3 is 12.1 Å². The second-order valence-electron chi connectivity index (χ2n) is 16.8. The molecule has 5 aliphatic heterocycles. The number of aliphatic carboxylic acids is 1. The molecular formula is C40H66N2O12. The van der Waals surface area contributed by atoms with Crippen LogP contribution in [0.1, 0.15) is 119 Å². The first kappa shape index (κ1) is 43.0. The summed E-state index contributed by atoms with van der Waals surface area (Å²) in [5.74, 6) is -6.25. The van der Waals surface area contributed by atoms with Crippen LogP contribution < -0.4 is 11.5 Å². The maximum Gasteiger partial charge on any atom is 0.405 e. The number of ketones is 1. The van der Waals surface area contributed by atoms with Gasteiger partial charge < -0.3 is 55.2 Å². The molecule has 17 atom stereocenters. The zero-order valence-corrected chi connectivity index (χ0v) is 33.2. The van der Waals surface area contributed by atoms with E-state index in [0.717, 1.165) is 0 Å². The van der Waals surface area contributed by atoms with Gasteiger partial charge in [-0.15, -0.1) is 0 Å². The number of rotatable bonds is 13. The Bertz CT molecular complexity index is 1370. The molecule has 0 aromatic rings. The Hall–Kier alpha value is -2.17. The summed E-state index contributed by atoms with van der Waals surface area (Å²) in [6.45, 7) is 13.3. The number of hydrogen-bond acceptors (Lipinski definition) is 12. The van der Waals surface area contributed by atoms with Crippen molar-refractivity contribution >= 4 is 17.8 Å². The molecule has 308 valence electrons. The lowest BCUT2D eigenvalue weighted by atomic mass is 9.73. The lowest BCUT2D eigenvalue weighted by molar-refractivity contribution is -0.400. The van der Waals surface area contributed by atoms with Gasteiger partial charge in [0.1, 0.15) is 5.78 Å². The van der Waals surface area contributed by atoms with Crippen LogP contribution in [-0.4, -0.2) is 105 Å². The van der Waals surface area contributed by atoms with Crippen molar-refractivity contribution < 1.29 is 58.1 Å². The summed E-state index contributed by atoms with van der Waals surface area (Å²) in [6, 6.07) is -0.891. The summed E-state index contributed by atoms with van der Waals surface area (Å²) in [6.07, 6.45) is 3.53. The Kier molecular flexibility index (Phi) is 13.6. The largest absolute Gasteiger partial charge is 0.481 e. The van der Waals surface area contributed by atoms with Crippen LogP contribution in [0.4, 0.5) is 4.79 Å². The smallest absolute Gasteiger partial charge is 0.405 e. The molecule has 5 rings (SSSR count). The summed E-state index contributed by atoms with van der Waals surface area (Å²) in [4.78, 5) is 38.3. The van der Waals surface area contributed by atoms with E-state index < -0.39 is 95.8 Å². The summed E-state index contributed by atoms with van der Waals surface area (Å²) in [5.41, 5.74) is 11.2. The van der Waals surface area contributed by atoms with E-state index in [9.17, 15) is 29.7 Å². The predicted molar refractivity (Wildman–Crippen MR) is 197 cm³/mol. The minimum Gasteiger partial charge on any atom is -0.481 e. The van der Waals surface area contributed by atoms with Crippen molar-refractivity contribution in [3.05, 3.63) is 12.2 Å². The van der Waals surface area contributed by atoms with E-state index >= 15 is 0 Å². The molecule has 54 heavy (non-hydrogen) atoms. The number of ether oxygens (including phenoxy) is 6. The van der Waals surface area contributed by atoms with Crippen LogP contribution in [-0.2, 0) is 38.0 Å². The van der Waals surface area contributed by atoms with Crippen LogP contribution >= 0.6 is 0 Å². The van der Waals surface area contributed by atoms with Crippen molar-refractivity contribution in [3.63, 3.8) is 0 Å². The molecule has 7 N–H and O–H groups in total. The van der Waals surface area contributed by atoms with Crippen molar-refractivity contribution in [2.45, 2.75) is 191 Å². The van der Waals surface area contributed by atoms with Crippen LogP contribution in [0.3, 0.4) is 0 Å². The fourth-order valence-electron chi connectivity index (χ4n) is 9.86. The number of carboxylic acids is 1.